The monoisotopic (exact) mass is 365 g/mol. The average molecular weight is 364 g/mol. The maximum absolute atomic E-state index is 2.24. The molecular weight excluding hydrogens is 354 g/mol. The Labute approximate surface area is 100.0 Å². The molecule has 0 unspecified atom stereocenters. The van der Waals surface area contributed by atoms with Gasteiger partial charge in [0.2, 0.25) is 0 Å². The third-order valence-electron chi connectivity index (χ3n) is 2.03. The Morgan fingerprint density at radius 2 is 1.00 bits per heavy atom. The van der Waals surface area contributed by atoms with Crippen molar-refractivity contribution < 1.29 is 23.8 Å². The summed E-state index contributed by atoms with van der Waals surface area (Å²) in [6.45, 7) is 0. The number of benzene rings is 2. The van der Waals surface area contributed by atoms with E-state index in [2.05, 4.69) is 60.7 Å². The van der Waals surface area contributed by atoms with Gasteiger partial charge in [-0.1, -0.05) is 0 Å². The number of hydrogen-bond acceptors (Lipinski definition) is 0. The van der Waals surface area contributed by atoms with Crippen LogP contribution in [0.1, 0.15) is 0 Å². The van der Waals surface area contributed by atoms with E-state index >= 15 is 0 Å². The molecular formula is C12H10HfP. The van der Waals surface area contributed by atoms with Crippen LogP contribution >= 0.6 is 5.27 Å². The van der Waals surface area contributed by atoms with Crippen molar-refractivity contribution in [1.82, 2.24) is 0 Å². The normalized spacial score (nSPS) is 10.3. The Balaban J connectivity index is 2.30. The first-order valence-electron chi connectivity index (χ1n) is 4.49. The van der Waals surface area contributed by atoms with E-state index in [9.17, 15) is 0 Å². The van der Waals surface area contributed by atoms with Crippen molar-refractivity contribution in [3.05, 3.63) is 60.7 Å². The summed E-state index contributed by atoms with van der Waals surface area (Å²) in [4.78, 5) is 0. The van der Waals surface area contributed by atoms with E-state index in [4.69, 9.17) is 0 Å². The van der Waals surface area contributed by atoms with Crippen molar-refractivity contribution in [2.45, 2.75) is 0 Å². The van der Waals surface area contributed by atoms with E-state index in [1.165, 1.54) is 34.4 Å². The molecule has 0 bridgehead atoms. The summed E-state index contributed by atoms with van der Waals surface area (Å²) in [6.07, 6.45) is 0. The summed E-state index contributed by atoms with van der Waals surface area (Å²) in [5.74, 6) is 0. The molecule has 0 saturated carbocycles. The summed E-state index contributed by atoms with van der Waals surface area (Å²) in [7, 11) is 0. The van der Waals surface area contributed by atoms with E-state index in [0.29, 0.717) is 0 Å². The van der Waals surface area contributed by atoms with E-state index < -0.39 is 0 Å². The van der Waals surface area contributed by atoms with Crippen molar-refractivity contribution in [2.75, 3.05) is 0 Å². The molecule has 67 valence electrons. The van der Waals surface area contributed by atoms with Crippen LogP contribution < -0.4 is 10.6 Å². The third kappa shape index (κ3) is 2.40. The van der Waals surface area contributed by atoms with Crippen molar-refractivity contribution in [2.24, 2.45) is 0 Å². The van der Waals surface area contributed by atoms with Crippen LogP contribution in [0, 0.1) is 0 Å². The first-order valence-corrected chi connectivity index (χ1v) is 10.7. The van der Waals surface area contributed by atoms with Crippen LogP contribution in [0.5, 0.6) is 0 Å². The summed E-state index contributed by atoms with van der Waals surface area (Å²) < 4.78 is 0. The van der Waals surface area contributed by atoms with Gasteiger partial charge in [0.25, 0.3) is 0 Å². The third-order valence-corrected chi connectivity index (χ3v) is 9.22. The van der Waals surface area contributed by atoms with Crippen molar-refractivity contribution in [3.63, 3.8) is 0 Å². The Bertz CT molecular complexity index is 346. The van der Waals surface area contributed by atoms with Gasteiger partial charge in [0.05, 0.1) is 0 Å². The predicted octanol–water partition coefficient (Wildman–Crippen LogP) is 2.58. The van der Waals surface area contributed by atoms with Gasteiger partial charge < -0.3 is 0 Å². The molecule has 0 aliphatic rings. The van der Waals surface area contributed by atoms with Gasteiger partial charge in [0, 0.05) is 0 Å². The zero-order chi connectivity index (χ0) is 9.80. The summed E-state index contributed by atoms with van der Waals surface area (Å²) >= 11 is 1.23. The molecule has 2 heteroatoms. The van der Waals surface area contributed by atoms with Gasteiger partial charge in [-0.15, -0.1) is 0 Å². The van der Waals surface area contributed by atoms with Crippen molar-refractivity contribution in [3.8, 4) is 0 Å². The van der Waals surface area contributed by atoms with E-state index in [1.54, 1.807) is 0 Å². The first kappa shape index (κ1) is 10.3. The average Bonchev–Trinajstić information content (AvgIpc) is 2.30. The SMILES string of the molecule is [Hf][P](c1ccccc1)c1ccccc1. The fourth-order valence-corrected chi connectivity index (χ4v) is 5.76. The van der Waals surface area contributed by atoms with Gasteiger partial charge in [-0.25, -0.2) is 0 Å². The summed E-state index contributed by atoms with van der Waals surface area (Å²) in [5, 5.41) is 2.97. The van der Waals surface area contributed by atoms with Crippen LogP contribution in [-0.4, -0.2) is 0 Å². The Hall–Kier alpha value is -0.260. The second kappa shape index (κ2) is 5.00. The summed E-state index contributed by atoms with van der Waals surface area (Å²) in [6, 6.07) is 21.7. The second-order valence-electron chi connectivity index (χ2n) is 3.01. The molecule has 0 N–H and O–H groups in total. The fourth-order valence-electron chi connectivity index (χ4n) is 1.30. The van der Waals surface area contributed by atoms with Gasteiger partial charge in [-0.05, 0) is 0 Å². The van der Waals surface area contributed by atoms with E-state index in [-0.39, 0.29) is 5.27 Å². The number of rotatable bonds is 2. The van der Waals surface area contributed by atoms with Gasteiger partial charge >= 0.3 is 100 Å². The second-order valence-corrected chi connectivity index (χ2v) is 9.53. The van der Waals surface area contributed by atoms with Gasteiger partial charge in [0.1, 0.15) is 0 Å². The molecule has 0 radical (unpaired) electrons. The topological polar surface area (TPSA) is 0 Å². The molecule has 2 aromatic carbocycles. The van der Waals surface area contributed by atoms with Gasteiger partial charge in [-0.3, -0.25) is 0 Å². The molecule has 0 spiro atoms. The first-order chi connectivity index (χ1) is 6.88. The van der Waals surface area contributed by atoms with E-state index in [0.717, 1.165) is 0 Å². The Kier molecular flexibility index (Phi) is 3.67. The molecule has 0 atom stereocenters. The van der Waals surface area contributed by atoms with Gasteiger partial charge in [0.15, 0.2) is 0 Å². The molecule has 0 heterocycles. The molecule has 0 aliphatic heterocycles. The zero-order valence-electron chi connectivity index (χ0n) is 7.72. The molecule has 2 rings (SSSR count). The number of hydrogen-bond donors (Lipinski definition) is 0. The van der Waals surface area contributed by atoms with Crippen molar-refractivity contribution >= 4 is 15.9 Å². The molecule has 0 aromatic heterocycles. The predicted molar refractivity (Wildman–Crippen MR) is 59.1 cm³/mol. The minimum atomic E-state index is -0.0319. The summed E-state index contributed by atoms with van der Waals surface area (Å²) in [5.41, 5.74) is 0. The van der Waals surface area contributed by atoms with Crippen LogP contribution in [0.4, 0.5) is 0 Å². The molecule has 0 saturated heterocycles. The van der Waals surface area contributed by atoms with Crippen LogP contribution in [-0.2, 0) is 23.8 Å². The molecule has 0 aliphatic carbocycles. The standard InChI is InChI=1S/C12H10P.Hf/c1-3-7-11(8-4-1)13-12-9-5-2-6-10-12;/h1-10H;/q-1;+1. The fraction of sp³-hybridized carbons (Fsp3) is 0. The van der Waals surface area contributed by atoms with Crippen LogP contribution in [0.3, 0.4) is 0 Å². The molecule has 0 nitrogen and oxygen atoms in total. The quantitative estimate of drug-likeness (QED) is 0.568. The van der Waals surface area contributed by atoms with E-state index in [1.807, 2.05) is 0 Å². The Morgan fingerprint density at radius 3 is 1.36 bits per heavy atom. The zero-order valence-corrected chi connectivity index (χ0v) is 12.2. The molecule has 2 aromatic rings. The molecule has 14 heavy (non-hydrogen) atoms. The Morgan fingerprint density at radius 1 is 0.643 bits per heavy atom. The molecule has 0 amide bonds. The molecule has 0 fully saturated rings. The maximum atomic E-state index is 2.24. The van der Waals surface area contributed by atoms with Crippen molar-refractivity contribution in [1.29, 1.82) is 0 Å². The van der Waals surface area contributed by atoms with Crippen LogP contribution in [0.15, 0.2) is 60.7 Å². The van der Waals surface area contributed by atoms with Crippen LogP contribution in [0.2, 0.25) is 0 Å². The van der Waals surface area contributed by atoms with Gasteiger partial charge in [-0.2, -0.15) is 0 Å². The van der Waals surface area contributed by atoms with Crippen LogP contribution in [0.25, 0.3) is 0 Å². The minimum absolute atomic E-state index is 0.0319.